The number of rotatable bonds is 5. The number of pyridine rings is 1. The van der Waals surface area contributed by atoms with Crippen LogP contribution < -0.4 is 0 Å². The highest BCUT2D eigenvalue weighted by atomic mass is 15.0. The summed E-state index contributed by atoms with van der Waals surface area (Å²) in [7, 11) is 0. The molecule has 4 nitrogen and oxygen atoms in total. The van der Waals surface area contributed by atoms with Gasteiger partial charge in [0, 0.05) is 28.5 Å². The quantitative estimate of drug-likeness (QED) is 0.196. The van der Waals surface area contributed by atoms with Crippen LogP contribution in [0.15, 0.2) is 158 Å². The first kappa shape index (κ1) is 25.7. The van der Waals surface area contributed by atoms with E-state index in [9.17, 15) is 0 Å². The maximum absolute atomic E-state index is 5.04. The molecule has 0 unspecified atom stereocenters. The summed E-state index contributed by atoms with van der Waals surface area (Å²) in [5.74, 6) is 1.88. The molecule has 0 radical (unpaired) electrons. The van der Waals surface area contributed by atoms with E-state index in [-0.39, 0.29) is 0 Å². The zero-order chi connectivity index (χ0) is 29.3. The van der Waals surface area contributed by atoms with Gasteiger partial charge in [0.2, 0.25) is 0 Å². The van der Waals surface area contributed by atoms with E-state index in [2.05, 4.69) is 72.8 Å². The van der Waals surface area contributed by atoms with Crippen LogP contribution in [0.3, 0.4) is 0 Å². The van der Waals surface area contributed by atoms with Crippen molar-refractivity contribution in [1.29, 1.82) is 0 Å². The Kier molecular flexibility index (Phi) is 6.43. The van der Waals surface area contributed by atoms with Crippen LogP contribution in [-0.4, -0.2) is 19.9 Å². The maximum atomic E-state index is 5.04. The van der Waals surface area contributed by atoms with Gasteiger partial charge in [-0.25, -0.2) is 15.0 Å². The van der Waals surface area contributed by atoms with Gasteiger partial charge in [-0.1, -0.05) is 115 Å². The molecule has 4 heteroatoms. The number of fused-ring (bicyclic) bond motifs is 3. The van der Waals surface area contributed by atoms with Gasteiger partial charge < -0.3 is 0 Å². The standard InChI is InChI=1S/C40H26N4/c1-3-13-27(14-4-1)38-42-39(28-15-5-2-6-16-28)44-40(43-38)32-24-30(23-31(25-32)37-21-11-12-22-41-37)36-26-29-17-7-8-18-33(29)34-19-9-10-20-35(34)36/h1-26H. The van der Waals surface area contributed by atoms with E-state index in [1.165, 1.54) is 21.5 Å². The summed E-state index contributed by atoms with van der Waals surface area (Å²) in [5.41, 5.74) is 6.90. The Morgan fingerprint density at radius 1 is 0.341 bits per heavy atom. The Labute approximate surface area is 255 Å². The van der Waals surface area contributed by atoms with Crippen molar-refractivity contribution < 1.29 is 0 Å². The Bertz CT molecular complexity index is 2210. The summed E-state index contributed by atoms with van der Waals surface area (Å²) in [6.45, 7) is 0. The maximum Gasteiger partial charge on any atom is 0.164 e. The van der Waals surface area contributed by atoms with Crippen molar-refractivity contribution in [3.05, 3.63) is 158 Å². The van der Waals surface area contributed by atoms with Gasteiger partial charge in [-0.05, 0) is 69.1 Å². The third kappa shape index (κ3) is 4.79. The van der Waals surface area contributed by atoms with Gasteiger partial charge in [0.05, 0.1) is 5.69 Å². The van der Waals surface area contributed by atoms with E-state index in [0.29, 0.717) is 17.5 Å². The van der Waals surface area contributed by atoms with Crippen LogP contribution in [0.1, 0.15) is 0 Å². The van der Waals surface area contributed by atoms with Crippen LogP contribution in [0.5, 0.6) is 0 Å². The number of hydrogen-bond acceptors (Lipinski definition) is 4. The van der Waals surface area contributed by atoms with Crippen molar-refractivity contribution >= 4 is 21.5 Å². The molecule has 206 valence electrons. The monoisotopic (exact) mass is 562 g/mol. The second-order valence-corrected chi connectivity index (χ2v) is 10.7. The second kappa shape index (κ2) is 11.0. The minimum atomic E-state index is 0.613. The van der Waals surface area contributed by atoms with Crippen molar-refractivity contribution in [1.82, 2.24) is 19.9 Å². The zero-order valence-electron chi connectivity index (χ0n) is 23.8. The summed E-state index contributed by atoms with van der Waals surface area (Å²) < 4.78 is 0. The van der Waals surface area contributed by atoms with Crippen molar-refractivity contribution in [2.45, 2.75) is 0 Å². The highest BCUT2D eigenvalue weighted by Gasteiger charge is 2.16. The van der Waals surface area contributed by atoms with Crippen molar-refractivity contribution in [2.24, 2.45) is 0 Å². The van der Waals surface area contributed by atoms with E-state index in [4.69, 9.17) is 19.9 Å². The van der Waals surface area contributed by atoms with Crippen LogP contribution in [0, 0.1) is 0 Å². The van der Waals surface area contributed by atoms with E-state index in [0.717, 1.165) is 39.1 Å². The van der Waals surface area contributed by atoms with E-state index < -0.39 is 0 Å². The summed E-state index contributed by atoms with van der Waals surface area (Å²) in [6.07, 6.45) is 1.83. The van der Waals surface area contributed by atoms with Crippen LogP contribution in [0.25, 0.3) is 78.1 Å². The fourth-order valence-corrected chi connectivity index (χ4v) is 5.82. The molecule has 0 amide bonds. The van der Waals surface area contributed by atoms with Gasteiger partial charge in [-0.2, -0.15) is 0 Å². The molecule has 6 aromatic carbocycles. The molecular weight excluding hydrogens is 536 g/mol. The Morgan fingerprint density at radius 2 is 0.864 bits per heavy atom. The molecule has 0 bridgehead atoms. The zero-order valence-corrected chi connectivity index (χ0v) is 23.8. The summed E-state index contributed by atoms with van der Waals surface area (Å²) in [6, 6.07) is 52.2. The molecule has 0 N–H and O–H groups in total. The van der Waals surface area contributed by atoms with Gasteiger partial charge in [0.25, 0.3) is 0 Å². The largest absolute Gasteiger partial charge is 0.256 e. The van der Waals surface area contributed by atoms with E-state index >= 15 is 0 Å². The SMILES string of the molecule is c1ccc(-c2nc(-c3ccccc3)nc(-c3cc(-c4ccccn4)cc(-c4cc5ccccc5c5ccccc45)c3)n2)cc1. The molecular formula is C40H26N4. The minimum absolute atomic E-state index is 0.613. The Balaban J connectivity index is 1.41. The lowest BCUT2D eigenvalue weighted by Crippen LogP contribution is -2.00. The smallest absolute Gasteiger partial charge is 0.164 e. The summed E-state index contributed by atoms with van der Waals surface area (Å²) in [5, 5.41) is 4.86. The Morgan fingerprint density at radius 3 is 1.52 bits per heavy atom. The van der Waals surface area contributed by atoms with Crippen molar-refractivity contribution in [3.8, 4) is 56.5 Å². The fourth-order valence-electron chi connectivity index (χ4n) is 5.82. The molecule has 2 aromatic heterocycles. The van der Waals surface area contributed by atoms with Gasteiger partial charge in [-0.15, -0.1) is 0 Å². The molecule has 0 aliphatic heterocycles. The molecule has 0 fully saturated rings. The third-order valence-electron chi connectivity index (χ3n) is 7.93. The average Bonchev–Trinajstić information content (AvgIpc) is 3.12. The number of hydrogen-bond donors (Lipinski definition) is 0. The molecule has 2 heterocycles. The highest BCUT2D eigenvalue weighted by molar-refractivity contribution is 6.14. The minimum Gasteiger partial charge on any atom is -0.256 e. The van der Waals surface area contributed by atoms with E-state index in [1.807, 2.05) is 85.1 Å². The van der Waals surface area contributed by atoms with Crippen LogP contribution >= 0.6 is 0 Å². The predicted octanol–water partition coefficient (Wildman–Crippen LogP) is 9.91. The number of nitrogens with zero attached hydrogens (tertiary/aromatic N) is 4. The van der Waals surface area contributed by atoms with Crippen LogP contribution in [0.2, 0.25) is 0 Å². The molecule has 0 saturated heterocycles. The van der Waals surface area contributed by atoms with Gasteiger partial charge in [-0.3, -0.25) is 4.98 Å². The van der Waals surface area contributed by atoms with Gasteiger partial charge in [0.15, 0.2) is 17.5 Å². The molecule has 8 rings (SSSR count). The van der Waals surface area contributed by atoms with Gasteiger partial charge in [0.1, 0.15) is 0 Å². The molecule has 0 aliphatic carbocycles. The first-order chi connectivity index (χ1) is 21.8. The predicted molar refractivity (Wildman–Crippen MR) is 180 cm³/mol. The topological polar surface area (TPSA) is 51.6 Å². The third-order valence-corrected chi connectivity index (χ3v) is 7.93. The fraction of sp³-hybridized carbons (Fsp3) is 0. The van der Waals surface area contributed by atoms with Crippen LogP contribution in [0.4, 0.5) is 0 Å². The normalized spacial score (nSPS) is 11.2. The molecule has 0 spiro atoms. The molecule has 0 saturated carbocycles. The van der Waals surface area contributed by atoms with E-state index in [1.54, 1.807) is 0 Å². The van der Waals surface area contributed by atoms with Crippen molar-refractivity contribution in [2.75, 3.05) is 0 Å². The summed E-state index contributed by atoms with van der Waals surface area (Å²) in [4.78, 5) is 19.7. The number of benzene rings is 6. The molecule has 0 aliphatic rings. The number of aromatic nitrogens is 4. The first-order valence-corrected chi connectivity index (χ1v) is 14.6. The molecule has 44 heavy (non-hydrogen) atoms. The lowest BCUT2D eigenvalue weighted by atomic mass is 9.91. The molecule has 8 aromatic rings. The lowest BCUT2D eigenvalue weighted by Gasteiger charge is -2.14. The highest BCUT2D eigenvalue weighted by Crippen LogP contribution is 2.38. The Hall–Kier alpha value is -6.00. The van der Waals surface area contributed by atoms with Crippen molar-refractivity contribution in [3.63, 3.8) is 0 Å². The first-order valence-electron chi connectivity index (χ1n) is 14.6. The van der Waals surface area contributed by atoms with Gasteiger partial charge >= 0.3 is 0 Å². The average molecular weight is 563 g/mol. The molecule has 0 atom stereocenters. The second-order valence-electron chi connectivity index (χ2n) is 10.7. The van der Waals surface area contributed by atoms with Crippen LogP contribution in [-0.2, 0) is 0 Å². The lowest BCUT2D eigenvalue weighted by molar-refractivity contribution is 1.07. The summed E-state index contributed by atoms with van der Waals surface area (Å²) >= 11 is 0.